The Bertz CT molecular complexity index is 745. The summed E-state index contributed by atoms with van der Waals surface area (Å²) in [6, 6.07) is 3.31. The first-order chi connectivity index (χ1) is 12.8. The zero-order valence-corrected chi connectivity index (χ0v) is 16.1. The maximum absolute atomic E-state index is 12.9. The van der Waals surface area contributed by atoms with Crippen LogP contribution in [0.15, 0.2) is 12.1 Å². The molecule has 0 aliphatic carbocycles. The van der Waals surface area contributed by atoms with Crippen LogP contribution < -0.4 is 10.2 Å². The number of amides is 3. The number of carboxylic acid groups (broad SMARTS) is 1. The normalized spacial score (nSPS) is 20.9. The van der Waals surface area contributed by atoms with Crippen molar-refractivity contribution in [3.05, 3.63) is 28.8 Å². The van der Waals surface area contributed by atoms with Gasteiger partial charge in [0, 0.05) is 25.3 Å². The van der Waals surface area contributed by atoms with Gasteiger partial charge in [0.05, 0.1) is 5.92 Å². The number of carbonyl (C=O) groups is 3. The second kappa shape index (κ2) is 7.58. The molecule has 0 radical (unpaired) electrons. The van der Waals surface area contributed by atoms with Crippen LogP contribution in [0.25, 0.3) is 0 Å². The molecule has 1 unspecified atom stereocenters. The number of likely N-dealkylation sites (tertiary alicyclic amines) is 1. The number of hydrogen-bond donors (Lipinski definition) is 2. The van der Waals surface area contributed by atoms with Gasteiger partial charge in [-0.15, -0.1) is 0 Å². The van der Waals surface area contributed by atoms with Crippen LogP contribution >= 0.6 is 0 Å². The number of piperidine rings is 1. The monoisotopic (exact) mass is 373 g/mol. The Labute approximate surface area is 159 Å². The molecule has 2 N–H and O–H groups in total. The standard InChI is InChI=1S/C20H27N3O4/c1-12-10-13(2)17(14(3)11-12)23-9-6-16(18(23)24)21-20(27)22-7-4-15(5-8-22)19(25)26/h10-11,15-16H,4-9H2,1-3H3,(H,21,27)(H,25,26). The molecule has 2 fully saturated rings. The minimum absolute atomic E-state index is 0.0844. The smallest absolute Gasteiger partial charge is 0.318 e. The fourth-order valence-corrected chi connectivity index (χ4v) is 4.20. The molecule has 7 heteroatoms. The third kappa shape index (κ3) is 3.91. The van der Waals surface area contributed by atoms with E-state index in [4.69, 9.17) is 5.11 Å². The Balaban J connectivity index is 1.63. The summed E-state index contributed by atoms with van der Waals surface area (Å²) >= 11 is 0. The highest BCUT2D eigenvalue weighted by molar-refractivity contribution is 6.02. The van der Waals surface area contributed by atoms with E-state index < -0.39 is 12.0 Å². The molecule has 1 aromatic rings. The van der Waals surface area contributed by atoms with E-state index in [1.807, 2.05) is 20.8 Å². The van der Waals surface area contributed by atoms with E-state index >= 15 is 0 Å². The number of carboxylic acids is 1. The van der Waals surface area contributed by atoms with Gasteiger partial charge in [0.15, 0.2) is 0 Å². The molecule has 2 aliphatic rings. The molecule has 1 aromatic carbocycles. The number of aliphatic carboxylic acids is 1. The number of hydrogen-bond acceptors (Lipinski definition) is 3. The maximum atomic E-state index is 12.9. The summed E-state index contributed by atoms with van der Waals surface area (Å²) in [5.74, 6) is -1.27. The van der Waals surface area contributed by atoms with E-state index in [0.717, 1.165) is 22.4 Å². The van der Waals surface area contributed by atoms with Gasteiger partial charge in [0.25, 0.3) is 0 Å². The van der Waals surface area contributed by atoms with Gasteiger partial charge in [-0.05, 0) is 51.2 Å². The molecule has 3 amide bonds. The van der Waals surface area contributed by atoms with Gasteiger partial charge in [-0.2, -0.15) is 0 Å². The van der Waals surface area contributed by atoms with Crippen molar-refractivity contribution >= 4 is 23.6 Å². The summed E-state index contributed by atoms with van der Waals surface area (Å²) in [7, 11) is 0. The molecule has 2 saturated heterocycles. The maximum Gasteiger partial charge on any atom is 0.318 e. The fraction of sp³-hybridized carbons (Fsp3) is 0.550. The minimum Gasteiger partial charge on any atom is -0.481 e. The van der Waals surface area contributed by atoms with Crippen LogP contribution in [0.5, 0.6) is 0 Å². The van der Waals surface area contributed by atoms with Crippen molar-refractivity contribution in [2.75, 3.05) is 24.5 Å². The second-order valence-corrected chi connectivity index (χ2v) is 7.63. The van der Waals surface area contributed by atoms with E-state index in [2.05, 4.69) is 17.4 Å². The summed E-state index contributed by atoms with van der Waals surface area (Å²) in [6.45, 7) is 7.43. The van der Waals surface area contributed by atoms with E-state index in [0.29, 0.717) is 38.9 Å². The topological polar surface area (TPSA) is 90.0 Å². The number of benzene rings is 1. The Kier molecular flexibility index (Phi) is 5.39. The third-order valence-corrected chi connectivity index (χ3v) is 5.54. The molecule has 3 rings (SSSR count). The van der Waals surface area contributed by atoms with Crippen molar-refractivity contribution in [1.29, 1.82) is 0 Å². The molecule has 7 nitrogen and oxygen atoms in total. The summed E-state index contributed by atoms with van der Waals surface area (Å²) < 4.78 is 0. The molecule has 2 heterocycles. The Morgan fingerprint density at radius 1 is 1.04 bits per heavy atom. The number of aryl methyl sites for hydroxylation is 3. The Hall–Kier alpha value is -2.57. The quantitative estimate of drug-likeness (QED) is 0.850. The lowest BCUT2D eigenvalue weighted by Crippen LogP contribution is -2.50. The predicted octanol–water partition coefficient (Wildman–Crippen LogP) is 2.22. The molecular weight excluding hydrogens is 346 g/mol. The van der Waals surface area contributed by atoms with Gasteiger partial charge in [0.2, 0.25) is 5.91 Å². The predicted molar refractivity (Wildman–Crippen MR) is 102 cm³/mol. The van der Waals surface area contributed by atoms with Crippen LogP contribution in [-0.2, 0) is 9.59 Å². The van der Waals surface area contributed by atoms with Gasteiger partial charge in [-0.1, -0.05) is 17.7 Å². The zero-order valence-electron chi connectivity index (χ0n) is 16.1. The Morgan fingerprint density at radius 2 is 1.63 bits per heavy atom. The Morgan fingerprint density at radius 3 is 2.19 bits per heavy atom. The number of carbonyl (C=O) groups excluding carboxylic acids is 2. The van der Waals surface area contributed by atoms with Gasteiger partial charge in [-0.25, -0.2) is 4.79 Å². The summed E-state index contributed by atoms with van der Waals surface area (Å²) in [6.07, 6.45) is 1.48. The van der Waals surface area contributed by atoms with Crippen LogP contribution in [0, 0.1) is 26.7 Å². The van der Waals surface area contributed by atoms with Gasteiger partial charge < -0.3 is 20.2 Å². The first kappa shape index (κ1) is 19.2. The van der Waals surface area contributed by atoms with Crippen molar-refractivity contribution in [2.45, 2.75) is 46.1 Å². The summed E-state index contributed by atoms with van der Waals surface area (Å²) in [4.78, 5) is 39.8. The first-order valence-electron chi connectivity index (χ1n) is 9.45. The lowest BCUT2D eigenvalue weighted by atomic mass is 9.97. The van der Waals surface area contributed by atoms with Crippen LogP contribution in [0.3, 0.4) is 0 Å². The fourth-order valence-electron chi connectivity index (χ4n) is 4.20. The lowest BCUT2D eigenvalue weighted by molar-refractivity contribution is -0.143. The van der Waals surface area contributed by atoms with Crippen molar-refractivity contribution in [2.24, 2.45) is 5.92 Å². The van der Waals surface area contributed by atoms with E-state index in [1.165, 1.54) is 0 Å². The van der Waals surface area contributed by atoms with Crippen molar-refractivity contribution in [3.63, 3.8) is 0 Å². The molecule has 0 aromatic heterocycles. The molecule has 146 valence electrons. The largest absolute Gasteiger partial charge is 0.481 e. The van der Waals surface area contributed by atoms with E-state index in [1.54, 1.807) is 9.80 Å². The van der Waals surface area contributed by atoms with Crippen LogP contribution in [0.4, 0.5) is 10.5 Å². The lowest BCUT2D eigenvalue weighted by Gasteiger charge is -2.31. The second-order valence-electron chi connectivity index (χ2n) is 7.63. The van der Waals surface area contributed by atoms with Gasteiger partial charge in [0.1, 0.15) is 6.04 Å². The van der Waals surface area contributed by atoms with Gasteiger partial charge >= 0.3 is 12.0 Å². The number of nitrogens with zero attached hydrogens (tertiary/aromatic N) is 2. The SMILES string of the molecule is Cc1cc(C)c(N2CCC(NC(=O)N3CCC(C(=O)O)CC3)C2=O)c(C)c1. The summed E-state index contributed by atoms with van der Waals surface area (Å²) in [5, 5.41) is 11.9. The molecule has 2 aliphatic heterocycles. The molecule has 0 spiro atoms. The summed E-state index contributed by atoms with van der Waals surface area (Å²) in [5.41, 5.74) is 4.21. The highest BCUT2D eigenvalue weighted by Gasteiger charge is 2.36. The van der Waals surface area contributed by atoms with Crippen molar-refractivity contribution in [1.82, 2.24) is 10.2 Å². The number of urea groups is 1. The van der Waals surface area contributed by atoms with Crippen LogP contribution in [0.1, 0.15) is 36.0 Å². The highest BCUT2D eigenvalue weighted by atomic mass is 16.4. The van der Waals surface area contributed by atoms with Crippen molar-refractivity contribution in [3.8, 4) is 0 Å². The number of anilines is 1. The van der Waals surface area contributed by atoms with E-state index in [9.17, 15) is 14.4 Å². The highest BCUT2D eigenvalue weighted by Crippen LogP contribution is 2.30. The molecule has 1 atom stereocenters. The first-order valence-corrected chi connectivity index (χ1v) is 9.45. The molecule has 27 heavy (non-hydrogen) atoms. The van der Waals surface area contributed by atoms with Crippen molar-refractivity contribution < 1.29 is 19.5 Å². The van der Waals surface area contributed by atoms with Crippen LogP contribution in [-0.4, -0.2) is 53.6 Å². The van der Waals surface area contributed by atoms with Gasteiger partial charge in [-0.3, -0.25) is 9.59 Å². The molecule has 0 saturated carbocycles. The molecule has 0 bridgehead atoms. The third-order valence-electron chi connectivity index (χ3n) is 5.54. The van der Waals surface area contributed by atoms with E-state index in [-0.39, 0.29) is 17.9 Å². The average Bonchev–Trinajstić information content (AvgIpc) is 2.95. The number of rotatable bonds is 3. The molecular formula is C20H27N3O4. The minimum atomic E-state index is -0.805. The van der Waals surface area contributed by atoms with Crippen LogP contribution in [0.2, 0.25) is 0 Å². The average molecular weight is 373 g/mol. The zero-order chi connectivity index (χ0) is 19.7. The number of nitrogens with one attached hydrogen (secondary N) is 1.